The van der Waals surface area contributed by atoms with Crippen LogP contribution < -0.4 is 16.4 Å². The van der Waals surface area contributed by atoms with Crippen molar-refractivity contribution in [3.63, 3.8) is 0 Å². The molecule has 18 heavy (non-hydrogen) atoms. The number of nitrogens with one attached hydrogen (secondary N) is 2. The van der Waals surface area contributed by atoms with E-state index in [0.29, 0.717) is 5.95 Å². The minimum Gasteiger partial charge on any atom is -0.370 e. The fourth-order valence-electron chi connectivity index (χ4n) is 2.59. The molecule has 1 saturated carbocycles. The number of aromatic nitrogens is 2. The van der Waals surface area contributed by atoms with Crippen molar-refractivity contribution in [1.82, 2.24) is 9.97 Å². The average Bonchev–Trinajstić information content (AvgIpc) is 2.72. The van der Waals surface area contributed by atoms with E-state index in [-0.39, 0.29) is 0 Å². The number of rotatable bonds is 5. The number of nitrogens with two attached hydrogens (primary N) is 1. The normalized spacial score (nSPS) is 23.0. The van der Waals surface area contributed by atoms with Gasteiger partial charge in [0.05, 0.1) is 0 Å². The lowest BCUT2D eigenvalue weighted by Gasteiger charge is -2.13. The van der Waals surface area contributed by atoms with Gasteiger partial charge in [-0.25, -0.2) is 0 Å². The van der Waals surface area contributed by atoms with Gasteiger partial charge in [0.1, 0.15) is 11.6 Å². The van der Waals surface area contributed by atoms with Gasteiger partial charge in [-0.3, -0.25) is 0 Å². The molecule has 5 nitrogen and oxygen atoms in total. The molecule has 1 aliphatic rings. The van der Waals surface area contributed by atoms with Crippen molar-refractivity contribution >= 4 is 17.6 Å². The molecule has 0 amide bonds. The maximum Gasteiger partial charge on any atom is 0.223 e. The maximum atomic E-state index is 5.69. The standard InChI is InChI=1S/C13H23N5/c1-3-15-11-7-12(18-13(14)17-11)16-8-10-5-4-9(2)6-10/h7,9-10H,3-6,8H2,1-2H3,(H4,14,15,16,17,18). The fourth-order valence-corrected chi connectivity index (χ4v) is 2.59. The number of anilines is 3. The van der Waals surface area contributed by atoms with Crippen LogP contribution in [-0.2, 0) is 0 Å². The maximum absolute atomic E-state index is 5.69. The van der Waals surface area contributed by atoms with E-state index in [1.54, 1.807) is 0 Å². The first-order chi connectivity index (χ1) is 8.67. The van der Waals surface area contributed by atoms with Crippen molar-refractivity contribution in [3.8, 4) is 0 Å². The highest BCUT2D eigenvalue weighted by molar-refractivity contribution is 5.50. The van der Waals surface area contributed by atoms with Crippen LogP contribution in [-0.4, -0.2) is 23.1 Å². The van der Waals surface area contributed by atoms with Gasteiger partial charge in [-0.1, -0.05) is 13.3 Å². The second-order valence-corrected chi connectivity index (χ2v) is 5.19. The van der Waals surface area contributed by atoms with Gasteiger partial charge in [0.2, 0.25) is 5.95 Å². The quantitative estimate of drug-likeness (QED) is 0.746. The topological polar surface area (TPSA) is 75.9 Å². The van der Waals surface area contributed by atoms with E-state index in [9.17, 15) is 0 Å². The summed E-state index contributed by atoms with van der Waals surface area (Å²) in [7, 11) is 0. The van der Waals surface area contributed by atoms with Gasteiger partial charge in [0.15, 0.2) is 0 Å². The molecule has 1 heterocycles. The third-order valence-corrected chi connectivity index (χ3v) is 3.48. The second-order valence-electron chi connectivity index (χ2n) is 5.19. The summed E-state index contributed by atoms with van der Waals surface area (Å²) in [6.07, 6.45) is 3.98. The van der Waals surface area contributed by atoms with Crippen LogP contribution >= 0.6 is 0 Å². The lowest BCUT2D eigenvalue weighted by atomic mass is 10.1. The van der Waals surface area contributed by atoms with Crippen molar-refractivity contribution in [2.75, 3.05) is 29.5 Å². The summed E-state index contributed by atoms with van der Waals surface area (Å²) >= 11 is 0. The molecular weight excluding hydrogens is 226 g/mol. The van der Waals surface area contributed by atoms with Gasteiger partial charge >= 0.3 is 0 Å². The van der Waals surface area contributed by atoms with Crippen molar-refractivity contribution in [1.29, 1.82) is 0 Å². The van der Waals surface area contributed by atoms with E-state index in [0.717, 1.165) is 36.6 Å². The predicted octanol–water partition coefficient (Wildman–Crippen LogP) is 2.34. The van der Waals surface area contributed by atoms with Crippen molar-refractivity contribution in [3.05, 3.63) is 6.07 Å². The molecule has 1 aromatic heterocycles. The van der Waals surface area contributed by atoms with Gasteiger partial charge < -0.3 is 16.4 Å². The van der Waals surface area contributed by atoms with Crippen molar-refractivity contribution in [2.24, 2.45) is 11.8 Å². The van der Waals surface area contributed by atoms with Gasteiger partial charge in [0.25, 0.3) is 0 Å². The Bertz CT molecular complexity index is 393. The summed E-state index contributed by atoms with van der Waals surface area (Å²) in [5, 5.41) is 6.53. The van der Waals surface area contributed by atoms with Crippen LogP contribution in [0.25, 0.3) is 0 Å². The molecular formula is C13H23N5. The highest BCUT2D eigenvalue weighted by atomic mass is 15.1. The molecule has 1 fully saturated rings. The Hall–Kier alpha value is -1.52. The van der Waals surface area contributed by atoms with Crippen molar-refractivity contribution < 1.29 is 0 Å². The van der Waals surface area contributed by atoms with E-state index >= 15 is 0 Å². The zero-order valence-electron chi connectivity index (χ0n) is 11.2. The highest BCUT2D eigenvalue weighted by Crippen LogP contribution is 2.30. The van der Waals surface area contributed by atoms with E-state index in [2.05, 4.69) is 27.5 Å². The SMILES string of the molecule is CCNc1cc(NCC2CCC(C)C2)nc(N)n1. The van der Waals surface area contributed by atoms with Crippen LogP contribution in [0.2, 0.25) is 0 Å². The monoisotopic (exact) mass is 249 g/mol. The molecule has 4 N–H and O–H groups in total. The second kappa shape index (κ2) is 5.89. The number of hydrogen-bond donors (Lipinski definition) is 3. The van der Waals surface area contributed by atoms with Gasteiger partial charge in [-0.15, -0.1) is 0 Å². The number of nitrogens with zero attached hydrogens (tertiary/aromatic N) is 2. The summed E-state index contributed by atoms with van der Waals surface area (Å²) in [4.78, 5) is 8.34. The Morgan fingerprint density at radius 3 is 2.61 bits per heavy atom. The zero-order valence-corrected chi connectivity index (χ0v) is 11.2. The van der Waals surface area contributed by atoms with Crippen LogP contribution in [0, 0.1) is 11.8 Å². The minimum atomic E-state index is 0.315. The Labute approximate surface area is 109 Å². The molecule has 1 aromatic rings. The molecule has 2 atom stereocenters. The molecule has 1 aliphatic carbocycles. The Kier molecular flexibility index (Phi) is 4.23. The molecule has 0 aromatic carbocycles. The van der Waals surface area contributed by atoms with E-state index in [1.165, 1.54) is 19.3 Å². The average molecular weight is 249 g/mol. The molecule has 5 heteroatoms. The van der Waals surface area contributed by atoms with Gasteiger partial charge in [0, 0.05) is 19.2 Å². The fraction of sp³-hybridized carbons (Fsp3) is 0.692. The van der Waals surface area contributed by atoms with Gasteiger partial charge in [-0.05, 0) is 31.6 Å². The molecule has 2 unspecified atom stereocenters. The Morgan fingerprint density at radius 1 is 1.28 bits per heavy atom. The van der Waals surface area contributed by atoms with Gasteiger partial charge in [-0.2, -0.15) is 9.97 Å². The first kappa shape index (κ1) is 12.9. The van der Waals surface area contributed by atoms with Crippen LogP contribution in [0.5, 0.6) is 0 Å². The van der Waals surface area contributed by atoms with E-state index in [1.807, 2.05) is 13.0 Å². The summed E-state index contributed by atoms with van der Waals surface area (Å²) in [6, 6.07) is 1.91. The summed E-state index contributed by atoms with van der Waals surface area (Å²) in [5.74, 6) is 3.55. The minimum absolute atomic E-state index is 0.315. The Balaban J connectivity index is 1.92. The van der Waals surface area contributed by atoms with Crippen LogP contribution in [0.15, 0.2) is 6.07 Å². The summed E-state index contributed by atoms with van der Waals surface area (Å²) < 4.78 is 0. The highest BCUT2D eigenvalue weighted by Gasteiger charge is 2.20. The molecule has 0 saturated heterocycles. The number of hydrogen-bond acceptors (Lipinski definition) is 5. The Morgan fingerprint density at radius 2 is 2.00 bits per heavy atom. The predicted molar refractivity (Wildman–Crippen MR) is 75.6 cm³/mol. The van der Waals surface area contributed by atoms with Crippen LogP contribution in [0.1, 0.15) is 33.1 Å². The molecule has 0 bridgehead atoms. The van der Waals surface area contributed by atoms with Crippen molar-refractivity contribution in [2.45, 2.75) is 33.1 Å². The van der Waals surface area contributed by atoms with Crippen LogP contribution in [0.3, 0.4) is 0 Å². The largest absolute Gasteiger partial charge is 0.370 e. The molecule has 100 valence electrons. The smallest absolute Gasteiger partial charge is 0.223 e. The van der Waals surface area contributed by atoms with E-state index < -0.39 is 0 Å². The first-order valence-electron chi connectivity index (χ1n) is 6.79. The first-order valence-corrected chi connectivity index (χ1v) is 6.79. The molecule has 2 rings (SSSR count). The van der Waals surface area contributed by atoms with E-state index in [4.69, 9.17) is 5.73 Å². The zero-order chi connectivity index (χ0) is 13.0. The number of nitrogen functional groups attached to an aromatic ring is 1. The molecule has 0 radical (unpaired) electrons. The lowest BCUT2D eigenvalue weighted by molar-refractivity contribution is 0.536. The molecule has 0 spiro atoms. The third kappa shape index (κ3) is 3.48. The lowest BCUT2D eigenvalue weighted by Crippen LogP contribution is -2.14. The molecule has 0 aliphatic heterocycles. The summed E-state index contributed by atoms with van der Waals surface area (Å²) in [6.45, 7) is 6.17. The third-order valence-electron chi connectivity index (χ3n) is 3.48. The summed E-state index contributed by atoms with van der Waals surface area (Å²) in [5.41, 5.74) is 5.69. The van der Waals surface area contributed by atoms with Crippen LogP contribution in [0.4, 0.5) is 17.6 Å².